The number of hydrogen-bond donors (Lipinski definition) is 0. The van der Waals surface area contributed by atoms with E-state index in [0.717, 1.165) is 11.1 Å². The molecule has 0 spiro atoms. The van der Waals surface area contributed by atoms with E-state index in [-0.39, 0.29) is 0 Å². The van der Waals surface area contributed by atoms with Crippen molar-refractivity contribution in [2.45, 2.75) is 0 Å². The van der Waals surface area contributed by atoms with Crippen molar-refractivity contribution in [3.05, 3.63) is 38.7 Å². The standard InChI is InChI=1S/C8H5NO2S2/c10-9(11)3-1-6-5-8-7(13-6)2-4-12-8/h1-5H/b3-1+. The van der Waals surface area contributed by atoms with Crippen LogP contribution in [0.15, 0.2) is 23.7 Å². The summed E-state index contributed by atoms with van der Waals surface area (Å²) in [5.41, 5.74) is 0. The fraction of sp³-hybridized carbons (Fsp3) is 0. The van der Waals surface area contributed by atoms with Gasteiger partial charge in [0.2, 0.25) is 6.20 Å². The van der Waals surface area contributed by atoms with Crippen molar-refractivity contribution in [3.63, 3.8) is 0 Å². The molecule has 13 heavy (non-hydrogen) atoms. The summed E-state index contributed by atoms with van der Waals surface area (Å²) < 4.78 is 2.38. The Kier molecular flexibility index (Phi) is 2.12. The molecular formula is C8H5NO2S2. The van der Waals surface area contributed by atoms with Crippen LogP contribution >= 0.6 is 22.7 Å². The van der Waals surface area contributed by atoms with E-state index in [2.05, 4.69) is 0 Å². The lowest BCUT2D eigenvalue weighted by Crippen LogP contribution is -1.80. The minimum Gasteiger partial charge on any atom is -0.259 e. The van der Waals surface area contributed by atoms with Crippen molar-refractivity contribution in [1.82, 2.24) is 0 Å². The number of thiophene rings is 2. The van der Waals surface area contributed by atoms with Crippen LogP contribution in [0, 0.1) is 10.1 Å². The third kappa shape index (κ3) is 1.76. The van der Waals surface area contributed by atoms with Crippen LogP contribution in [0.5, 0.6) is 0 Å². The summed E-state index contributed by atoms with van der Waals surface area (Å²) >= 11 is 3.21. The van der Waals surface area contributed by atoms with Crippen LogP contribution in [0.4, 0.5) is 0 Å². The van der Waals surface area contributed by atoms with Gasteiger partial charge in [-0.1, -0.05) is 0 Å². The Morgan fingerprint density at radius 3 is 3.00 bits per heavy atom. The minimum absolute atomic E-state index is 0.451. The van der Waals surface area contributed by atoms with Gasteiger partial charge < -0.3 is 0 Å². The van der Waals surface area contributed by atoms with Gasteiger partial charge in [-0.3, -0.25) is 10.1 Å². The van der Waals surface area contributed by atoms with E-state index in [9.17, 15) is 10.1 Å². The second-order valence-electron chi connectivity index (χ2n) is 2.40. The quantitative estimate of drug-likeness (QED) is 0.565. The molecule has 0 aliphatic rings. The fourth-order valence-corrected chi connectivity index (χ4v) is 3.02. The van der Waals surface area contributed by atoms with E-state index in [4.69, 9.17) is 0 Å². The Balaban J connectivity index is 2.34. The highest BCUT2D eigenvalue weighted by atomic mass is 32.1. The van der Waals surface area contributed by atoms with Gasteiger partial charge >= 0.3 is 0 Å². The lowest BCUT2D eigenvalue weighted by atomic mass is 10.4. The number of rotatable bonds is 2. The first kappa shape index (κ1) is 8.40. The Morgan fingerprint density at radius 2 is 2.31 bits per heavy atom. The molecule has 0 fully saturated rings. The van der Waals surface area contributed by atoms with Gasteiger partial charge in [0, 0.05) is 20.4 Å². The van der Waals surface area contributed by atoms with Gasteiger partial charge in [0.15, 0.2) is 0 Å². The lowest BCUT2D eigenvalue weighted by molar-refractivity contribution is -0.400. The molecule has 0 unspecified atom stereocenters. The summed E-state index contributed by atoms with van der Waals surface area (Å²) in [6.07, 6.45) is 2.49. The van der Waals surface area contributed by atoms with Gasteiger partial charge in [0.1, 0.15) is 0 Å². The van der Waals surface area contributed by atoms with Gasteiger partial charge in [0.25, 0.3) is 0 Å². The van der Waals surface area contributed by atoms with Gasteiger partial charge in [-0.15, -0.1) is 22.7 Å². The number of nitrogens with zero attached hydrogens (tertiary/aromatic N) is 1. The van der Waals surface area contributed by atoms with Crippen LogP contribution in [-0.4, -0.2) is 4.92 Å². The zero-order valence-electron chi connectivity index (χ0n) is 6.47. The van der Waals surface area contributed by atoms with Crippen molar-refractivity contribution >= 4 is 38.1 Å². The molecule has 2 aromatic rings. The molecule has 2 rings (SSSR count). The van der Waals surface area contributed by atoms with E-state index >= 15 is 0 Å². The largest absolute Gasteiger partial charge is 0.259 e. The molecule has 0 bridgehead atoms. The zero-order valence-corrected chi connectivity index (χ0v) is 8.10. The maximum absolute atomic E-state index is 10.1. The Morgan fingerprint density at radius 1 is 1.46 bits per heavy atom. The predicted octanol–water partition coefficient (Wildman–Crippen LogP) is 3.21. The molecule has 0 amide bonds. The molecule has 2 aromatic heterocycles. The first-order valence-corrected chi connectivity index (χ1v) is 5.24. The van der Waals surface area contributed by atoms with Crippen molar-refractivity contribution in [2.24, 2.45) is 0 Å². The summed E-state index contributed by atoms with van der Waals surface area (Å²) in [6.45, 7) is 0. The van der Waals surface area contributed by atoms with Crippen LogP contribution in [0.1, 0.15) is 4.88 Å². The molecular weight excluding hydrogens is 206 g/mol. The first-order valence-electron chi connectivity index (χ1n) is 3.54. The molecule has 5 heteroatoms. The normalized spacial score (nSPS) is 11.4. The molecule has 0 saturated carbocycles. The van der Waals surface area contributed by atoms with Crippen LogP contribution in [0.2, 0.25) is 0 Å². The van der Waals surface area contributed by atoms with Gasteiger partial charge in [0.05, 0.1) is 4.92 Å². The maximum Gasteiger partial charge on any atom is 0.235 e. The smallest absolute Gasteiger partial charge is 0.235 e. The summed E-state index contributed by atoms with van der Waals surface area (Å²) in [5, 5.41) is 12.1. The highest BCUT2D eigenvalue weighted by Gasteiger charge is 2.00. The number of fused-ring (bicyclic) bond motifs is 1. The summed E-state index contributed by atoms with van der Waals surface area (Å²) in [6, 6.07) is 3.98. The average molecular weight is 211 g/mol. The Bertz CT molecular complexity index is 441. The second-order valence-corrected chi connectivity index (χ2v) is 4.46. The molecule has 0 N–H and O–H groups in total. The molecule has 0 saturated heterocycles. The van der Waals surface area contributed by atoms with Crippen LogP contribution in [0.3, 0.4) is 0 Å². The predicted molar refractivity (Wildman–Crippen MR) is 55.7 cm³/mol. The maximum atomic E-state index is 10.1. The number of hydrogen-bond acceptors (Lipinski definition) is 4. The third-order valence-corrected chi connectivity index (χ3v) is 3.58. The Labute approximate surface area is 82.1 Å². The SMILES string of the molecule is O=[N+]([O-])/C=C/c1cc2sccc2s1. The molecule has 0 aliphatic heterocycles. The van der Waals surface area contributed by atoms with Crippen molar-refractivity contribution in [1.29, 1.82) is 0 Å². The van der Waals surface area contributed by atoms with E-state index in [1.54, 1.807) is 22.7 Å². The van der Waals surface area contributed by atoms with E-state index in [0.29, 0.717) is 0 Å². The van der Waals surface area contributed by atoms with Crippen LogP contribution in [0.25, 0.3) is 15.5 Å². The van der Waals surface area contributed by atoms with Gasteiger partial charge in [-0.25, -0.2) is 0 Å². The average Bonchev–Trinajstić information content (AvgIpc) is 2.58. The summed E-state index contributed by atoms with van der Waals surface area (Å²) in [7, 11) is 0. The molecule has 0 atom stereocenters. The van der Waals surface area contributed by atoms with Crippen molar-refractivity contribution in [3.8, 4) is 0 Å². The molecule has 0 aliphatic carbocycles. The molecule has 0 radical (unpaired) electrons. The highest BCUT2D eigenvalue weighted by Crippen LogP contribution is 2.30. The fourth-order valence-electron chi connectivity index (χ4n) is 1.00. The lowest BCUT2D eigenvalue weighted by Gasteiger charge is -1.78. The number of nitro groups is 1. The minimum atomic E-state index is -0.451. The molecule has 2 heterocycles. The second kappa shape index (κ2) is 3.27. The van der Waals surface area contributed by atoms with Crippen LogP contribution in [-0.2, 0) is 0 Å². The van der Waals surface area contributed by atoms with Crippen molar-refractivity contribution < 1.29 is 4.92 Å². The third-order valence-electron chi connectivity index (χ3n) is 1.52. The van der Waals surface area contributed by atoms with E-state index in [1.165, 1.54) is 15.5 Å². The Hall–Kier alpha value is -1.20. The van der Waals surface area contributed by atoms with Gasteiger partial charge in [-0.2, -0.15) is 0 Å². The van der Waals surface area contributed by atoms with Crippen molar-refractivity contribution in [2.75, 3.05) is 0 Å². The van der Waals surface area contributed by atoms with E-state index in [1.807, 2.05) is 17.5 Å². The summed E-state index contributed by atoms with van der Waals surface area (Å²) in [5.74, 6) is 0. The monoisotopic (exact) mass is 211 g/mol. The van der Waals surface area contributed by atoms with Gasteiger partial charge in [-0.05, 0) is 17.5 Å². The topological polar surface area (TPSA) is 43.1 Å². The molecule has 66 valence electrons. The van der Waals surface area contributed by atoms with E-state index < -0.39 is 4.92 Å². The zero-order chi connectivity index (χ0) is 9.26. The molecule has 0 aromatic carbocycles. The summed E-state index contributed by atoms with van der Waals surface area (Å²) in [4.78, 5) is 10.5. The highest BCUT2D eigenvalue weighted by molar-refractivity contribution is 7.27. The van der Waals surface area contributed by atoms with Crippen LogP contribution < -0.4 is 0 Å². The first-order chi connectivity index (χ1) is 6.25. The molecule has 3 nitrogen and oxygen atoms in total.